The summed E-state index contributed by atoms with van der Waals surface area (Å²) < 4.78 is 24.4. The van der Waals surface area contributed by atoms with Crippen molar-refractivity contribution in [2.45, 2.75) is 25.4 Å². The Balaban J connectivity index is 1.62. The van der Waals surface area contributed by atoms with E-state index in [-0.39, 0.29) is 0 Å². The van der Waals surface area contributed by atoms with Gasteiger partial charge < -0.3 is 5.32 Å². The van der Waals surface area contributed by atoms with Gasteiger partial charge in [-0.3, -0.25) is 4.90 Å². The fourth-order valence-electron chi connectivity index (χ4n) is 2.65. The second kappa shape index (κ2) is 7.89. The van der Waals surface area contributed by atoms with Crippen molar-refractivity contribution in [3.05, 3.63) is 35.9 Å². The van der Waals surface area contributed by atoms with Crippen LogP contribution in [0.1, 0.15) is 18.4 Å². The largest absolute Gasteiger partial charge is 0.313 e. The molecule has 0 spiro atoms. The average Bonchev–Trinajstić information content (AvgIpc) is 2.45. The van der Waals surface area contributed by atoms with Gasteiger partial charge in [0.25, 0.3) is 0 Å². The number of sulfonamides is 1. The second-order valence-corrected chi connectivity index (χ2v) is 7.49. The Bertz CT molecular complexity index is 511. The molecule has 1 aromatic carbocycles. The number of benzene rings is 1. The van der Waals surface area contributed by atoms with Gasteiger partial charge in [0.2, 0.25) is 10.0 Å². The minimum atomic E-state index is -3.07. The molecule has 0 radical (unpaired) electrons. The zero-order chi connectivity index (χ0) is 15.1. The minimum absolute atomic E-state index is 0.461. The molecule has 1 fully saturated rings. The van der Waals surface area contributed by atoms with E-state index in [4.69, 9.17) is 0 Å². The molecule has 0 amide bonds. The normalized spacial score (nSPS) is 18.0. The zero-order valence-electron chi connectivity index (χ0n) is 12.6. The van der Waals surface area contributed by atoms with E-state index in [2.05, 4.69) is 39.2 Å². The number of piperidine rings is 1. The highest BCUT2D eigenvalue weighted by atomic mass is 32.2. The van der Waals surface area contributed by atoms with Crippen LogP contribution in [0, 0.1) is 0 Å². The lowest BCUT2D eigenvalue weighted by Crippen LogP contribution is -2.44. The van der Waals surface area contributed by atoms with Gasteiger partial charge in [-0.05, 0) is 31.5 Å². The first-order chi connectivity index (χ1) is 10.0. The maximum Gasteiger partial charge on any atom is 0.208 e. The molecule has 0 aliphatic carbocycles. The summed E-state index contributed by atoms with van der Waals surface area (Å²) in [5.41, 5.74) is 1.36. The third-order valence-corrected chi connectivity index (χ3v) is 4.49. The summed E-state index contributed by atoms with van der Waals surface area (Å²) in [5.74, 6) is 0. The topological polar surface area (TPSA) is 61.4 Å². The van der Waals surface area contributed by atoms with E-state index in [0.29, 0.717) is 19.1 Å². The minimum Gasteiger partial charge on any atom is -0.313 e. The van der Waals surface area contributed by atoms with Crippen molar-refractivity contribution in [3.63, 3.8) is 0 Å². The van der Waals surface area contributed by atoms with Crippen molar-refractivity contribution in [3.8, 4) is 0 Å². The number of hydrogen-bond donors (Lipinski definition) is 2. The Kier molecular flexibility index (Phi) is 6.17. The first kappa shape index (κ1) is 16.4. The van der Waals surface area contributed by atoms with Crippen LogP contribution in [0.4, 0.5) is 0 Å². The molecule has 1 aliphatic rings. The molecule has 2 rings (SSSR count). The highest BCUT2D eigenvalue weighted by Gasteiger charge is 2.18. The van der Waals surface area contributed by atoms with Crippen LogP contribution in [0.15, 0.2) is 30.3 Å². The first-order valence-corrected chi connectivity index (χ1v) is 9.36. The van der Waals surface area contributed by atoms with E-state index in [1.54, 1.807) is 0 Å². The van der Waals surface area contributed by atoms with Gasteiger partial charge in [-0.15, -0.1) is 0 Å². The molecule has 6 heteroatoms. The van der Waals surface area contributed by atoms with Crippen molar-refractivity contribution in [1.29, 1.82) is 0 Å². The SMILES string of the molecule is CS(=O)(=O)NCCNC1CCN(Cc2ccccc2)CC1. The van der Waals surface area contributed by atoms with Crippen LogP contribution in [0.3, 0.4) is 0 Å². The standard InChI is InChI=1S/C15H25N3O2S/c1-21(19,20)17-10-9-16-15-7-11-18(12-8-15)13-14-5-3-2-4-6-14/h2-6,15-17H,7-13H2,1H3. The monoisotopic (exact) mass is 311 g/mol. The summed E-state index contributed by atoms with van der Waals surface area (Å²) in [7, 11) is -3.07. The van der Waals surface area contributed by atoms with Crippen molar-refractivity contribution in [1.82, 2.24) is 14.9 Å². The van der Waals surface area contributed by atoms with Crippen molar-refractivity contribution in [2.24, 2.45) is 0 Å². The Morgan fingerprint density at radius 3 is 2.43 bits per heavy atom. The number of likely N-dealkylation sites (tertiary alicyclic amines) is 1. The lowest BCUT2D eigenvalue weighted by Gasteiger charge is -2.32. The number of rotatable bonds is 7. The molecule has 0 unspecified atom stereocenters. The predicted octanol–water partition coefficient (Wildman–Crippen LogP) is 0.790. The van der Waals surface area contributed by atoms with E-state index in [1.165, 1.54) is 11.8 Å². The van der Waals surface area contributed by atoms with Crippen molar-refractivity contribution < 1.29 is 8.42 Å². The molecule has 1 aliphatic heterocycles. The van der Waals surface area contributed by atoms with E-state index in [9.17, 15) is 8.42 Å². The number of nitrogens with one attached hydrogen (secondary N) is 2. The number of nitrogens with zero attached hydrogens (tertiary/aromatic N) is 1. The van der Waals surface area contributed by atoms with Gasteiger partial charge >= 0.3 is 0 Å². The highest BCUT2D eigenvalue weighted by molar-refractivity contribution is 7.88. The molecule has 0 bridgehead atoms. The van der Waals surface area contributed by atoms with Crippen LogP contribution in [0.25, 0.3) is 0 Å². The molecule has 1 heterocycles. The van der Waals surface area contributed by atoms with Crippen LogP contribution >= 0.6 is 0 Å². The van der Waals surface area contributed by atoms with Crippen LogP contribution in [-0.2, 0) is 16.6 Å². The molecular formula is C15H25N3O2S. The zero-order valence-corrected chi connectivity index (χ0v) is 13.4. The Labute approximate surface area is 127 Å². The summed E-state index contributed by atoms with van der Waals surface area (Å²) in [6, 6.07) is 11.0. The summed E-state index contributed by atoms with van der Waals surface area (Å²) in [5, 5.41) is 3.42. The Morgan fingerprint density at radius 1 is 1.14 bits per heavy atom. The highest BCUT2D eigenvalue weighted by Crippen LogP contribution is 2.13. The first-order valence-electron chi connectivity index (χ1n) is 7.47. The molecule has 5 nitrogen and oxygen atoms in total. The van der Waals surface area contributed by atoms with Gasteiger partial charge in [0.05, 0.1) is 6.26 Å². The molecular weight excluding hydrogens is 286 g/mol. The molecule has 0 atom stereocenters. The van der Waals surface area contributed by atoms with Gasteiger partial charge in [-0.25, -0.2) is 13.1 Å². The van der Waals surface area contributed by atoms with Gasteiger partial charge in [0.1, 0.15) is 0 Å². The van der Waals surface area contributed by atoms with Crippen molar-refractivity contribution >= 4 is 10.0 Å². The summed E-state index contributed by atoms with van der Waals surface area (Å²) in [6.07, 6.45) is 3.42. The predicted molar refractivity (Wildman–Crippen MR) is 85.6 cm³/mol. The third-order valence-electron chi connectivity index (χ3n) is 3.76. The Morgan fingerprint density at radius 2 is 1.81 bits per heavy atom. The molecule has 21 heavy (non-hydrogen) atoms. The Hall–Kier alpha value is -0.950. The third kappa shape index (κ3) is 6.56. The van der Waals surface area contributed by atoms with E-state index >= 15 is 0 Å². The van der Waals surface area contributed by atoms with Gasteiger partial charge in [-0.2, -0.15) is 0 Å². The van der Waals surface area contributed by atoms with Gasteiger partial charge in [-0.1, -0.05) is 30.3 Å². The maximum absolute atomic E-state index is 11.0. The van der Waals surface area contributed by atoms with E-state index in [0.717, 1.165) is 32.5 Å². The lowest BCUT2D eigenvalue weighted by molar-refractivity contribution is 0.191. The van der Waals surface area contributed by atoms with E-state index in [1.807, 2.05) is 6.07 Å². The molecule has 2 N–H and O–H groups in total. The quantitative estimate of drug-likeness (QED) is 0.731. The maximum atomic E-state index is 11.0. The summed E-state index contributed by atoms with van der Waals surface area (Å²) >= 11 is 0. The molecule has 0 aromatic heterocycles. The smallest absolute Gasteiger partial charge is 0.208 e. The fraction of sp³-hybridized carbons (Fsp3) is 0.600. The van der Waals surface area contributed by atoms with Crippen molar-refractivity contribution in [2.75, 3.05) is 32.4 Å². The van der Waals surface area contributed by atoms with Crippen LogP contribution in [-0.4, -0.2) is 51.8 Å². The van der Waals surface area contributed by atoms with Gasteiger partial charge in [0, 0.05) is 25.7 Å². The average molecular weight is 311 g/mol. The second-order valence-electron chi connectivity index (χ2n) is 5.66. The summed E-state index contributed by atoms with van der Waals surface area (Å²) in [4.78, 5) is 2.47. The molecule has 118 valence electrons. The van der Waals surface area contributed by atoms with Crippen LogP contribution in [0.5, 0.6) is 0 Å². The van der Waals surface area contributed by atoms with Crippen LogP contribution < -0.4 is 10.0 Å². The van der Waals surface area contributed by atoms with Gasteiger partial charge in [0.15, 0.2) is 0 Å². The lowest BCUT2D eigenvalue weighted by atomic mass is 10.0. The molecule has 1 saturated heterocycles. The molecule has 1 aromatic rings. The summed E-state index contributed by atoms with van der Waals surface area (Å²) in [6.45, 7) is 4.35. The fourth-order valence-corrected chi connectivity index (χ4v) is 3.12. The van der Waals surface area contributed by atoms with E-state index < -0.39 is 10.0 Å². The molecule has 0 saturated carbocycles. The van der Waals surface area contributed by atoms with Crippen LogP contribution in [0.2, 0.25) is 0 Å². The number of hydrogen-bond acceptors (Lipinski definition) is 4.